The lowest BCUT2D eigenvalue weighted by Crippen LogP contribution is -2.51. The number of benzene rings is 1. The highest BCUT2D eigenvalue weighted by Crippen LogP contribution is 2.10. The van der Waals surface area contributed by atoms with Gasteiger partial charge in [-0.3, -0.25) is 4.79 Å². The third-order valence-electron chi connectivity index (χ3n) is 3.39. The molecule has 25 heavy (non-hydrogen) atoms. The molecule has 0 spiro atoms. The Labute approximate surface area is 151 Å². The second-order valence-electron chi connectivity index (χ2n) is 7.72. The Morgan fingerprint density at radius 3 is 2.24 bits per heavy atom. The smallest absolute Gasteiger partial charge is 0.408 e. The highest BCUT2D eigenvalue weighted by molar-refractivity contribution is 5.86. The molecule has 2 unspecified atom stereocenters. The van der Waals surface area contributed by atoms with E-state index in [1.807, 2.05) is 30.3 Å². The largest absolute Gasteiger partial charge is 0.444 e. The van der Waals surface area contributed by atoms with E-state index >= 15 is 0 Å². The van der Waals surface area contributed by atoms with E-state index in [0.29, 0.717) is 12.3 Å². The minimum Gasteiger partial charge on any atom is -0.444 e. The fourth-order valence-electron chi connectivity index (χ4n) is 2.44. The Morgan fingerprint density at radius 1 is 1.12 bits per heavy atom. The molecule has 0 aromatic heterocycles. The van der Waals surface area contributed by atoms with Crippen molar-refractivity contribution >= 4 is 12.0 Å². The van der Waals surface area contributed by atoms with Gasteiger partial charge in [0.05, 0.1) is 0 Å². The summed E-state index contributed by atoms with van der Waals surface area (Å²) in [4.78, 5) is 24.7. The molecule has 0 bridgehead atoms. The predicted molar refractivity (Wildman–Crippen MR) is 100 cm³/mol. The first-order valence-electron chi connectivity index (χ1n) is 8.73. The van der Waals surface area contributed by atoms with Crippen molar-refractivity contribution in [2.75, 3.05) is 0 Å². The Bertz CT molecular complexity index is 550. The molecule has 0 heterocycles. The number of hydrogen-bond acceptors (Lipinski definition) is 3. The van der Waals surface area contributed by atoms with Gasteiger partial charge in [-0.2, -0.15) is 0 Å². The van der Waals surface area contributed by atoms with E-state index in [-0.39, 0.29) is 11.9 Å². The molecule has 0 saturated carbocycles. The quantitative estimate of drug-likeness (QED) is 0.793. The monoisotopic (exact) mass is 347 g/mol. The van der Waals surface area contributed by atoms with Crippen LogP contribution in [0, 0.1) is 12.8 Å². The van der Waals surface area contributed by atoms with Crippen molar-refractivity contribution in [3.63, 3.8) is 0 Å². The number of hydrogen-bond donors (Lipinski definition) is 2. The van der Waals surface area contributed by atoms with Crippen LogP contribution >= 0.6 is 0 Å². The van der Waals surface area contributed by atoms with Crippen molar-refractivity contribution in [3.8, 4) is 0 Å². The molecule has 0 saturated heterocycles. The highest BCUT2D eigenvalue weighted by Gasteiger charge is 2.25. The van der Waals surface area contributed by atoms with Crippen LogP contribution in [0.5, 0.6) is 0 Å². The molecule has 1 rings (SSSR count). The highest BCUT2D eigenvalue weighted by atomic mass is 16.6. The van der Waals surface area contributed by atoms with Crippen molar-refractivity contribution in [2.45, 2.75) is 65.1 Å². The van der Waals surface area contributed by atoms with E-state index in [0.717, 1.165) is 12.0 Å². The SMILES string of the molecule is [CH2]C(CC(C)C)NC(=O)C(Cc1ccccc1)NC(=O)OC(C)(C)C. The minimum absolute atomic E-state index is 0.203. The lowest BCUT2D eigenvalue weighted by Gasteiger charge is -2.25. The summed E-state index contributed by atoms with van der Waals surface area (Å²) < 4.78 is 5.28. The van der Waals surface area contributed by atoms with Crippen molar-refractivity contribution in [3.05, 3.63) is 42.8 Å². The summed E-state index contributed by atoms with van der Waals surface area (Å²) in [6.45, 7) is 13.5. The average Bonchev–Trinajstić information content (AvgIpc) is 2.44. The molecule has 0 aliphatic carbocycles. The summed E-state index contributed by atoms with van der Waals surface area (Å²) in [6, 6.07) is 8.65. The Morgan fingerprint density at radius 2 is 1.72 bits per heavy atom. The summed E-state index contributed by atoms with van der Waals surface area (Å²) in [5, 5.41) is 5.56. The van der Waals surface area contributed by atoms with Gasteiger partial charge in [0.15, 0.2) is 0 Å². The van der Waals surface area contributed by atoms with Crippen molar-refractivity contribution in [2.24, 2.45) is 5.92 Å². The van der Waals surface area contributed by atoms with Gasteiger partial charge >= 0.3 is 6.09 Å². The maximum Gasteiger partial charge on any atom is 0.408 e. The van der Waals surface area contributed by atoms with Gasteiger partial charge < -0.3 is 15.4 Å². The van der Waals surface area contributed by atoms with Crippen LogP contribution in [0.2, 0.25) is 0 Å². The van der Waals surface area contributed by atoms with E-state index in [9.17, 15) is 9.59 Å². The molecule has 0 aliphatic heterocycles. The summed E-state index contributed by atoms with van der Waals surface area (Å²) in [5.41, 5.74) is 0.341. The molecule has 0 aliphatic rings. The minimum atomic E-state index is -0.714. The van der Waals surface area contributed by atoms with Crippen LogP contribution < -0.4 is 10.6 Å². The van der Waals surface area contributed by atoms with Crippen molar-refractivity contribution in [1.82, 2.24) is 10.6 Å². The zero-order valence-electron chi connectivity index (χ0n) is 16.0. The van der Waals surface area contributed by atoms with Crippen LogP contribution in [0.15, 0.2) is 30.3 Å². The molecule has 5 nitrogen and oxygen atoms in total. The van der Waals surface area contributed by atoms with Gasteiger partial charge in [-0.15, -0.1) is 0 Å². The van der Waals surface area contributed by atoms with Crippen molar-refractivity contribution in [1.29, 1.82) is 0 Å². The molecule has 1 aromatic rings. The van der Waals surface area contributed by atoms with Crippen LogP contribution in [0.4, 0.5) is 4.79 Å². The lowest BCUT2D eigenvalue weighted by molar-refractivity contribution is -0.123. The summed E-state index contributed by atoms with van der Waals surface area (Å²) in [6.07, 6.45) is 0.560. The Kier molecular flexibility index (Phi) is 7.94. The first-order chi connectivity index (χ1) is 11.6. The fourth-order valence-corrected chi connectivity index (χ4v) is 2.44. The van der Waals surface area contributed by atoms with E-state index in [4.69, 9.17) is 4.74 Å². The zero-order valence-corrected chi connectivity index (χ0v) is 16.0. The molecule has 2 N–H and O–H groups in total. The number of nitrogens with one attached hydrogen (secondary N) is 2. The average molecular weight is 347 g/mol. The topological polar surface area (TPSA) is 67.4 Å². The second kappa shape index (κ2) is 9.44. The van der Waals surface area contributed by atoms with Gasteiger partial charge in [0.2, 0.25) is 5.91 Å². The molecule has 0 fully saturated rings. The fraction of sp³-hybridized carbons (Fsp3) is 0.550. The number of carbonyl (C=O) groups is 2. The molecular formula is C20H31N2O3. The van der Waals surface area contributed by atoms with Crippen LogP contribution in [-0.4, -0.2) is 29.7 Å². The Hall–Kier alpha value is -2.04. The lowest BCUT2D eigenvalue weighted by atomic mass is 10.0. The van der Waals surface area contributed by atoms with E-state index in [1.54, 1.807) is 20.8 Å². The molecule has 1 radical (unpaired) electrons. The second-order valence-corrected chi connectivity index (χ2v) is 7.72. The van der Waals surface area contributed by atoms with Crippen LogP contribution in [0.1, 0.15) is 46.6 Å². The van der Waals surface area contributed by atoms with E-state index < -0.39 is 17.7 Å². The van der Waals surface area contributed by atoms with Gasteiger partial charge in [0.25, 0.3) is 0 Å². The van der Waals surface area contributed by atoms with Crippen molar-refractivity contribution < 1.29 is 14.3 Å². The van der Waals surface area contributed by atoms with Crippen LogP contribution in [0.3, 0.4) is 0 Å². The normalized spacial score (nSPS) is 13.9. The maximum absolute atomic E-state index is 12.6. The van der Waals surface area contributed by atoms with Gasteiger partial charge in [0.1, 0.15) is 11.6 Å². The number of ether oxygens (including phenoxy) is 1. The molecule has 1 aromatic carbocycles. The number of amides is 2. The van der Waals surface area contributed by atoms with Gasteiger partial charge in [-0.05, 0) is 45.6 Å². The first-order valence-corrected chi connectivity index (χ1v) is 8.73. The maximum atomic E-state index is 12.6. The van der Waals surface area contributed by atoms with Crippen LogP contribution in [-0.2, 0) is 16.0 Å². The van der Waals surface area contributed by atoms with Gasteiger partial charge in [-0.25, -0.2) is 4.79 Å². The molecule has 2 amide bonds. The number of carbonyl (C=O) groups excluding carboxylic acids is 2. The third-order valence-corrected chi connectivity index (χ3v) is 3.39. The Balaban J connectivity index is 2.79. The first kappa shape index (κ1) is 21.0. The van der Waals surface area contributed by atoms with E-state index in [2.05, 4.69) is 31.4 Å². The third kappa shape index (κ3) is 9.13. The van der Waals surface area contributed by atoms with E-state index in [1.165, 1.54) is 0 Å². The summed E-state index contributed by atoms with van der Waals surface area (Å²) in [7, 11) is 0. The molecular weight excluding hydrogens is 316 g/mol. The standard InChI is InChI=1S/C20H31N2O3/c1-14(2)12-15(3)21-18(23)17(13-16-10-8-7-9-11-16)22-19(24)25-20(4,5)6/h7-11,14-15,17H,3,12-13H2,1-2,4-6H3,(H,21,23)(H,22,24). The van der Waals surface area contributed by atoms with Gasteiger partial charge in [0, 0.05) is 12.5 Å². The zero-order chi connectivity index (χ0) is 19.0. The number of alkyl carbamates (subject to hydrolysis) is 1. The van der Waals surface area contributed by atoms with Gasteiger partial charge in [-0.1, -0.05) is 44.2 Å². The van der Waals surface area contributed by atoms with Crippen LogP contribution in [0.25, 0.3) is 0 Å². The molecule has 139 valence electrons. The predicted octanol–water partition coefficient (Wildman–Crippen LogP) is 3.49. The number of rotatable bonds is 7. The summed E-state index contributed by atoms with van der Waals surface area (Å²) >= 11 is 0. The summed E-state index contributed by atoms with van der Waals surface area (Å²) in [5.74, 6) is 0.171. The molecule has 5 heteroatoms. The molecule has 2 atom stereocenters.